The standard InChI is InChI=1S/C25H37N5O5/c1-17(2)16-34-25(32)30(3)21-13-12-20(15-26-21)23-27-24(35-29-23)19(14-22(31)28-33)11-7-10-18-8-5-4-6-9-18/h12-13,15,17-19,33H,4-11,14,16H2,1-3H3,(H,28,31). The largest absolute Gasteiger partial charge is 0.449 e. The molecule has 35 heavy (non-hydrogen) atoms. The van der Waals surface area contributed by atoms with Crippen LogP contribution in [-0.4, -0.2) is 46.0 Å². The van der Waals surface area contributed by atoms with E-state index in [2.05, 4.69) is 15.1 Å². The van der Waals surface area contributed by atoms with E-state index in [0.29, 0.717) is 29.7 Å². The Bertz CT molecular complexity index is 940. The minimum Gasteiger partial charge on any atom is -0.449 e. The second-order valence-corrected chi connectivity index (χ2v) is 9.76. The van der Waals surface area contributed by atoms with Gasteiger partial charge in [0.25, 0.3) is 0 Å². The number of anilines is 1. The van der Waals surface area contributed by atoms with Crippen molar-refractivity contribution >= 4 is 17.8 Å². The van der Waals surface area contributed by atoms with Crippen LogP contribution in [0, 0.1) is 11.8 Å². The summed E-state index contributed by atoms with van der Waals surface area (Å²) in [6.07, 6.45) is 10.5. The molecule has 2 N–H and O–H groups in total. The third-order valence-corrected chi connectivity index (χ3v) is 6.40. The summed E-state index contributed by atoms with van der Waals surface area (Å²) >= 11 is 0. The highest BCUT2D eigenvalue weighted by Gasteiger charge is 2.24. The lowest BCUT2D eigenvalue weighted by molar-refractivity contribution is -0.129. The van der Waals surface area contributed by atoms with E-state index in [9.17, 15) is 9.59 Å². The molecule has 0 aromatic carbocycles. The lowest BCUT2D eigenvalue weighted by Gasteiger charge is -2.22. The second kappa shape index (κ2) is 13.2. The molecular formula is C25H37N5O5. The Labute approximate surface area is 206 Å². The Morgan fingerprint density at radius 2 is 2.03 bits per heavy atom. The molecule has 2 amide bonds. The number of rotatable bonds is 11. The molecule has 2 aromatic rings. The highest BCUT2D eigenvalue weighted by molar-refractivity contribution is 5.85. The lowest BCUT2D eigenvalue weighted by atomic mass is 9.84. The van der Waals surface area contributed by atoms with E-state index in [1.54, 1.807) is 30.9 Å². The zero-order chi connectivity index (χ0) is 25.2. The van der Waals surface area contributed by atoms with Gasteiger partial charge in [-0.25, -0.2) is 15.3 Å². The predicted octanol–water partition coefficient (Wildman–Crippen LogP) is 5.09. The number of ether oxygens (including phenoxy) is 1. The van der Waals surface area contributed by atoms with E-state index < -0.39 is 12.0 Å². The van der Waals surface area contributed by atoms with Crippen molar-refractivity contribution in [2.75, 3.05) is 18.6 Å². The van der Waals surface area contributed by atoms with Gasteiger partial charge in [0.15, 0.2) is 0 Å². The van der Waals surface area contributed by atoms with Gasteiger partial charge in [0.2, 0.25) is 17.6 Å². The van der Waals surface area contributed by atoms with Gasteiger partial charge in [-0.05, 0) is 30.4 Å². The first-order valence-electron chi connectivity index (χ1n) is 12.5. The summed E-state index contributed by atoms with van der Waals surface area (Å²) in [5, 5.41) is 13.1. The van der Waals surface area contributed by atoms with Crippen LogP contribution in [0.15, 0.2) is 22.9 Å². The van der Waals surface area contributed by atoms with Crippen molar-refractivity contribution in [3.63, 3.8) is 0 Å². The number of aromatic nitrogens is 3. The van der Waals surface area contributed by atoms with Gasteiger partial charge < -0.3 is 9.26 Å². The molecule has 1 fully saturated rings. The van der Waals surface area contributed by atoms with E-state index in [4.69, 9.17) is 14.5 Å². The molecular weight excluding hydrogens is 450 g/mol. The third-order valence-electron chi connectivity index (χ3n) is 6.40. The van der Waals surface area contributed by atoms with E-state index in [1.165, 1.54) is 37.0 Å². The quantitative estimate of drug-likeness (QED) is 0.331. The average Bonchev–Trinajstić information content (AvgIpc) is 3.37. The Morgan fingerprint density at radius 3 is 2.69 bits per heavy atom. The Kier molecular flexibility index (Phi) is 10.0. The molecule has 1 aliphatic carbocycles. The highest BCUT2D eigenvalue weighted by Crippen LogP contribution is 2.31. The van der Waals surface area contributed by atoms with Crippen molar-refractivity contribution in [3.05, 3.63) is 24.2 Å². The Balaban J connectivity index is 1.63. The molecule has 0 bridgehead atoms. The fourth-order valence-corrected chi connectivity index (χ4v) is 4.37. The van der Waals surface area contributed by atoms with Gasteiger partial charge in [0.1, 0.15) is 5.82 Å². The molecule has 2 heterocycles. The average molecular weight is 488 g/mol. The lowest BCUT2D eigenvalue weighted by Crippen LogP contribution is -2.28. The summed E-state index contributed by atoms with van der Waals surface area (Å²) in [6.45, 7) is 4.27. The van der Waals surface area contributed by atoms with Crippen LogP contribution in [0.2, 0.25) is 0 Å². The monoisotopic (exact) mass is 487 g/mol. The van der Waals surface area contributed by atoms with Crippen molar-refractivity contribution in [3.8, 4) is 11.4 Å². The molecule has 192 valence electrons. The van der Waals surface area contributed by atoms with Crippen molar-refractivity contribution < 1.29 is 24.1 Å². The number of amides is 2. The summed E-state index contributed by atoms with van der Waals surface area (Å²) in [4.78, 5) is 34.2. The number of pyridine rings is 1. The number of carbonyl (C=O) groups is 2. The Morgan fingerprint density at radius 1 is 1.26 bits per heavy atom. The minimum atomic E-state index is -0.481. The molecule has 0 radical (unpaired) electrons. The zero-order valence-corrected chi connectivity index (χ0v) is 20.9. The van der Waals surface area contributed by atoms with Gasteiger partial charge in [0, 0.05) is 31.1 Å². The first-order valence-corrected chi connectivity index (χ1v) is 12.5. The molecule has 10 nitrogen and oxygen atoms in total. The smallest absolute Gasteiger partial charge is 0.415 e. The van der Waals surface area contributed by atoms with E-state index >= 15 is 0 Å². The fourth-order valence-electron chi connectivity index (χ4n) is 4.37. The van der Waals surface area contributed by atoms with Gasteiger partial charge in [-0.3, -0.25) is 14.9 Å². The molecule has 0 aliphatic heterocycles. The summed E-state index contributed by atoms with van der Waals surface area (Å²) < 4.78 is 10.7. The van der Waals surface area contributed by atoms with Gasteiger partial charge >= 0.3 is 6.09 Å². The van der Waals surface area contributed by atoms with Crippen molar-refractivity contribution in [1.29, 1.82) is 0 Å². The van der Waals surface area contributed by atoms with Gasteiger partial charge in [0.05, 0.1) is 6.61 Å². The maximum Gasteiger partial charge on any atom is 0.415 e. The van der Waals surface area contributed by atoms with Gasteiger partial charge in [-0.15, -0.1) is 0 Å². The van der Waals surface area contributed by atoms with Crippen LogP contribution >= 0.6 is 0 Å². The predicted molar refractivity (Wildman–Crippen MR) is 130 cm³/mol. The van der Waals surface area contributed by atoms with Gasteiger partial charge in [-0.1, -0.05) is 63.9 Å². The number of hydrogen-bond donors (Lipinski definition) is 2. The number of hydrogen-bond acceptors (Lipinski definition) is 8. The number of nitrogens with one attached hydrogen (secondary N) is 1. The zero-order valence-electron chi connectivity index (χ0n) is 20.9. The molecule has 1 atom stereocenters. The van der Waals surface area contributed by atoms with Crippen LogP contribution in [0.1, 0.15) is 83.4 Å². The van der Waals surface area contributed by atoms with E-state index in [0.717, 1.165) is 25.2 Å². The Hall–Kier alpha value is -3.01. The number of nitrogens with zero attached hydrogens (tertiary/aromatic N) is 4. The van der Waals surface area contributed by atoms with E-state index in [1.807, 2.05) is 13.8 Å². The van der Waals surface area contributed by atoms with Crippen LogP contribution in [0.5, 0.6) is 0 Å². The summed E-state index contributed by atoms with van der Waals surface area (Å²) in [5.74, 6) is 1.39. The maximum absolute atomic E-state index is 12.2. The fraction of sp³-hybridized carbons (Fsp3) is 0.640. The molecule has 1 saturated carbocycles. The van der Waals surface area contributed by atoms with Gasteiger partial charge in [-0.2, -0.15) is 4.98 Å². The molecule has 0 saturated heterocycles. The number of hydroxylamine groups is 1. The highest BCUT2D eigenvalue weighted by atomic mass is 16.6. The van der Waals surface area contributed by atoms with Crippen LogP contribution in [0.4, 0.5) is 10.6 Å². The van der Waals surface area contributed by atoms with E-state index in [-0.39, 0.29) is 18.3 Å². The van der Waals surface area contributed by atoms with Crippen LogP contribution in [-0.2, 0) is 9.53 Å². The maximum atomic E-state index is 12.2. The molecule has 1 unspecified atom stereocenters. The molecule has 2 aromatic heterocycles. The second-order valence-electron chi connectivity index (χ2n) is 9.76. The van der Waals surface area contributed by atoms with Crippen molar-refractivity contribution in [2.45, 2.75) is 77.6 Å². The molecule has 10 heteroatoms. The molecule has 1 aliphatic rings. The molecule has 0 spiro atoms. The first-order chi connectivity index (χ1) is 16.9. The summed E-state index contributed by atoms with van der Waals surface area (Å²) in [5.41, 5.74) is 2.33. The minimum absolute atomic E-state index is 0.0727. The normalized spacial score (nSPS) is 15.1. The van der Waals surface area contributed by atoms with Crippen LogP contribution < -0.4 is 10.4 Å². The van der Waals surface area contributed by atoms with Crippen LogP contribution in [0.25, 0.3) is 11.4 Å². The molecule has 3 rings (SSSR count). The summed E-state index contributed by atoms with van der Waals surface area (Å²) in [7, 11) is 1.60. The topological polar surface area (TPSA) is 131 Å². The first kappa shape index (κ1) is 26.6. The SMILES string of the molecule is CC(C)COC(=O)N(C)c1ccc(-c2noc(C(CCCC3CCCCC3)CC(=O)NO)n2)cn1. The van der Waals surface area contributed by atoms with Crippen molar-refractivity contribution in [2.24, 2.45) is 11.8 Å². The third kappa shape index (κ3) is 8.02. The number of carbonyl (C=O) groups excluding carboxylic acids is 2. The van der Waals surface area contributed by atoms with Crippen molar-refractivity contribution in [1.82, 2.24) is 20.6 Å². The summed E-state index contributed by atoms with van der Waals surface area (Å²) in [6, 6.07) is 3.44. The van der Waals surface area contributed by atoms with Crippen LogP contribution in [0.3, 0.4) is 0 Å².